The van der Waals surface area contributed by atoms with Crippen molar-refractivity contribution < 1.29 is 14.3 Å². The Labute approximate surface area is 184 Å². The van der Waals surface area contributed by atoms with Crippen LogP contribution in [-0.4, -0.2) is 35.9 Å². The smallest absolute Gasteiger partial charge is 0.261 e. The van der Waals surface area contributed by atoms with Gasteiger partial charge in [0.2, 0.25) is 5.91 Å². The van der Waals surface area contributed by atoms with Gasteiger partial charge in [-0.15, -0.1) is 0 Å². The number of hydrogen-bond acceptors (Lipinski definition) is 3. The third kappa shape index (κ3) is 6.49. The number of rotatable bonds is 8. The Morgan fingerprint density at radius 2 is 1.73 bits per heavy atom. The van der Waals surface area contributed by atoms with Crippen LogP contribution < -0.4 is 10.1 Å². The molecular formula is C24H31ClN2O3. The summed E-state index contributed by atoms with van der Waals surface area (Å²) in [6.07, 6.45) is 0. The van der Waals surface area contributed by atoms with E-state index in [-0.39, 0.29) is 23.8 Å². The first-order chi connectivity index (χ1) is 14.1. The molecule has 2 amide bonds. The predicted molar refractivity (Wildman–Crippen MR) is 121 cm³/mol. The molecule has 0 aliphatic heterocycles. The summed E-state index contributed by atoms with van der Waals surface area (Å²) in [7, 11) is 0. The summed E-state index contributed by atoms with van der Waals surface area (Å²) < 4.78 is 5.91. The van der Waals surface area contributed by atoms with Gasteiger partial charge in [-0.1, -0.05) is 62.7 Å². The lowest BCUT2D eigenvalue weighted by molar-refractivity contribution is -0.142. The third-order valence-electron chi connectivity index (χ3n) is 4.83. The van der Waals surface area contributed by atoms with Crippen LogP contribution in [0.15, 0.2) is 48.5 Å². The topological polar surface area (TPSA) is 58.6 Å². The number of nitrogens with zero attached hydrogens (tertiary/aromatic N) is 1. The molecule has 30 heavy (non-hydrogen) atoms. The van der Waals surface area contributed by atoms with Crippen LogP contribution in [0, 0.1) is 0 Å². The van der Waals surface area contributed by atoms with E-state index in [0.717, 1.165) is 11.1 Å². The molecule has 2 rings (SSSR count). The minimum Gasteiger partial charge on any atom is -0.483 e. The molecule has 0 saturated heterocycles. The lowest BCUT2D eigenvalue weighted by Crippen LogP contribution is -2.49. The molecule has 0 heterocycles. The number of carbonyl (C=O) groups is 2. The molecule has 6 heteroatoms. The lowest BCUT2D eigenvalue weighted by atomic mass is 9.86. The van der Waals surface area contributed by atoms with E-state index in [0.29, 0.717) is 23.9 Å². The Kier molecular flexibility index (Phi) is 8.30. The molecule has 0 fully saturated rings. The van der Waals surface area contributed by atoms with Gasteiger partial charge in [0.15, 0.2) is 6.61 Å². The van der Waals surface area contributed by atoms with Crippen molar-refractivity contribution in [1.82, 2.24) is 10.2 Å². The minimum absolute atomic E-state index is 0.114. The number of carbonyl (C=O) groups excluding carboxylic acids is 2. The Hall–Kier alpha value is -2.53. The first kappa shape index (κ1) is 23.7. The number of para-hydroxylation sites is 1. The van der Waals surface area contributed by atoms with Gasteiger partial charge in [0.05, 0.1) is 0 Å². The van der Waals surface area contributed by atoms with Crippen molar-refractivity contribution in [3.05, 3.63) is 64.7 Å². The average Bonchev–Trinajstić information content (AvgIpc) is 2.70. The number of ether oxygens (including phenoxy) is 1. The molecule has 5 nitrogen and oxygen atoms in total. The van der Waals surface area contributed by atoms with Gasteiger partial charge in [0, 0.05) is 18.1 Å². The second-order valence-electron chi connectivity index (χ2n) is 8.25. The molecule has 0 radical (unpaired) electrons. The van der Waals surface area contributed by atoms with Crippen LogP contribution in [0.25, 0.3) is 0 Å². The van der Waals surface area contributed by atoms with Crippen LogP contribution in [0.2, 0.25) is 5.02 Å². The van der Waals surface area contributed by atoms with Crippen LogP contribution in [-0.2, 0) is 21.5 Å². The molecule has 0 spiro atoms. The Morgan fingerprint density at radius 3 is 2.33 bits per heavy atom. The van der Waals surface area contributed by atoms with Gasteiger partial charge in [-0.2, -0.15) is 0 Å². The summed E-state index contributed by atoms with van der Waals surface area (Å²) in [6.45, 7) is 10.5. The van der Waals surface area contributed by atoms with Crippen LogP contribution in [0.4, 0.5) is 0 Å². The van der Waals surface area contributed by atoms with Crippen molar-refractivity contribution in [2.45, 2.75) is 52.6 Å². The van der Waals surface area contributed by atoms with Crippen molar-refractivity contribution >= 4 is 23.4 Å². The zero-order valence-corrected chi connectivity index (χ0v) is 19.1. The van der Waals surface area contributed by atoms with Gasteiger partial charge >= 0.3 is 0 Å². The molecule has 2 aromatic carbocycles. The Morgan fingerprint density at radius 1 is 1.10 bits per heavy atom. The molecule has 0 aromatic heterocycles. The first-order valence-electron chi connectivity index (χ1n) is 10.2. The molecule has 0 unspecified atom stereocenters. The van der Waals surface area contributed by atoms with Gasteiger partial charge < -0.3 is 15.0 Å². The van der Waals surface area contributed by atoms with Crippen LogP contribution in [0.5, 0.6) is 5.75 Å². The van der Waals surface area contributed by atoms with Gasteiger partial charge in [0.25, 0.3) is 5.91 Å². The maximum Gasteiger partial charge on any atom is 0.261 e. The SMILES string of the molecule is CCNC(=O)[C@@H](C)N(Cc1ccc(Cl)cc1)C(=O)COc1ccccc1C(C)(C)C. The highest BCUT2D eigenvalue weighted by atomic mass is 35.5. The van der Waals surface area contributed by atoms with E-state index in [1.807, 2.05) is 43.3 Å². The zero-order chi connectivity index (χ0) is 22.3. The number of amides is 2. The van der Waals surface area contributed by atoms with Crippen molar-refractivity contribution in [3.63, 3.8) is 0 Å². The summed E-state index contributed by atoms with van der Waals surface area (Å²) in [5.41, 5.74) is 1.80. The first-order valence-corrected chi connectivity index (χ1v) is 10.5. The number of halogens is 1. The molecule has 0 aliphatic rings. The van der Waals surface area contributed by atoms with E-state index in [1.165, 1.54) is 4.90 Å². The molecule has 0 aliphatic carbocycles. The molecule has 0 saturated carbocycles. The number of benzene rings is 2. The lowest BCUT2D eigenvalue weighted by Gasteiger charge is -2.29. The molecule has 162 valence electrons. The van der Waals surface area contributed by atoms with Gasteiger partial charge in [0.1, 0.15) is 11.8 Å². The van der Waals surface area contributed by atoms with E-state index in [4.69, 9.17) is 16.3 Å². The van der Waals surface area contributed by atoms with Crippen LogP contribution >= 0.6 is 11.6 Å². The van der Waals surface area contributed by atoms with Crippen molar-refractivity contribution in [1.29, 1.82) is 0 Å². The second-order valence-corrected chi connectivity index (χ2v) is 8.69. The highest BCUT2D eigenvalue weighted by Gasteiger charge is 2.27. The zero-order valence-electron chi connectivity index (χ0n) is 18.4. The summed E-state index contributed by atoms with van der Waals surface area (Å²) >= 11 is 5.97. The van der Waals surface area contributed by atoms with Crippen LogP contribution in [0.3, 0.4) is 0 Å². The third-order valence-corrected chi connectivity index (χ3v) is 5.08. The van der Waals surface area contributed by atoms with Crippen molar-refractivity contribution in [2.75, 3.05) is 13.2 Å². The summed E-state index contributed by atoms with van der Waals surface area (Å²) in [5.74, 6) is 0.220. The van der Waals surface area contributed by atoms with E-state index in [1.54, 1.807) is 19.1 Å². The fourth-order valence-electron chi connectivity index (χ4n) is 3.13. The number of nitrogens with one attached hydrogen (secondary N) is 1. The van der Waals surface area contributed by atoms with E-state index >= 15 is 0 Å². The summed E-state index contributed by atoms with van der Waals surface area (Å²) in [6, 6.07) is 14.3. The maximum absolute atomic E-state index is 13.1. The van der Waals surface area contributed by atoms with E-state index in [2.05, 4.69) is 26.1 Å². The van der Waals surface area contributed by atoms with Gasteiger partial charge in [-0.25, -0.2) is 0 Å². The van der Waals surface area contributed by atoms with Crippen LogP contribution in [0.1, 0.15) is 45.7 Å². The van der Waals surface area contributed by atoms with Gasteiger partial charge in [-0.3, -0.25) is 9.59 Å². The number of likely N-dealkylation sites (N-methyl/N-ethyl adjacent to an activating group) is 1. The molecule has 1 atom stereocenters. The largest absolute Gasteiger partial charge is 0.483 e. The molecular weight excluding hydrogens is 400 g/mol. The average molecular weight is 431 g/mol. The highest BCUT2D eigenvalue weighted by Crippen LogP contribution is 2.31. The van der Waals surface area contributed by atoms with Crippen molar-refractivity contribution in [3.8, 4) is 5.75 Å². The predicted octanol–water partition coefficient (Wildman–Crippen LogP) is 4.57. The molecule has 1 N–H and O–H groups in total. The molecule has 2 aromatic rings. The van der Waals surface area contributed by atoms with Gasteiger partial charge in [-0.05, 0) is 48.6 Å². The standard InChI is InChI=1S/C24H31ClN2O3/c1-6-26-23(29)17(2)27(15-18-11-13-19(25)14-12-18)22(28)16-30-21-10-8-7-9-20(21)24(3,4)5/h7-14,17H,6,15-16H2,1-5H3,(H,26,29)/t17-/m1/s1. The fraction of sp³-hybridized carbons (Fsp3) is 0.417. The Bertz CT molecular complexity index is 859. The fourth-order valence-corrected chi connectivity index (χ4v) is 3.25. The van der Waals surface area contributed by atoms with E-state index in [9.17, 15) is 9.59 Å². The Balaban J connectivity index is 2.20. The normalized spacial score (nSPS) is 12.2. The van der Waals surface area contributed by atoms with E-state index < -0.39 is 6.04 Å². The second kappa shape index (κ2) is 10.5. The summed E-state index contributed by atoms with van der Waals surface area (Å²) in [4.78, 5) is 27.1. The minimum atomic E-state index is -0.630. The quantitative estimate of drug-likeness (QED) is 0.667. The molecule has 0 bridgehead atoms. The van der Waals surface area contributed by atoms with Crippen molar-refractivity contribution in [2.24, 2.45) is 0 Å². The monoisotopic (exact) mass is 430 g/mol. The highest BCUT2D eigenvalue weighted by molar-refractivity contribution is 6.30. The number of hydrogen-bond donors (Lipinski definition) is 1. The summed E-state index contributed by atoms with van der Waals surface area (Å²) in [5, 5.41) is 3.40. The maximum atomic E-state index is 13.1.